The molecule has 0 aromatic heterocycles. The average Bonchev–Trinajstić information content (AvgIpc) is 3.66. The SMILES string of the molecule is CC(C)C[C@H](NC(=O)CNC(=O)[C@H](CC(=O)O)NC(=O)[C@H](CCC(N)=O)NC(=O)CN)C(=O)N[C@@H](C)C(=O)NCC(=O)N1CCC[C@H]1C(=O)N[C@@H](CCCCN)C(=O)O. The van der Waals surface area contributed by atoms with E-state index in [4.69, 9.17) is 17.2 Å². The molecule has 0 spiro atoms. The van der Waals surface area contributed by atoms with Crippen molar-refractivity contribution in [1.82, 2.24) is 42.1 Å². The molecule has 15 N–H and O–H groups in total. The van der Waals surface area contributed by atoms with Gasteiger partial charge >= 0.3 is 11.9 Å². The predicted molar refractivity (Wildman–Crippen MR) is 206 cm³/mol. The minimum absolute atomic E-state index is 0.0748. The summed E-state index contributed by atoms with van der Waals surface area (Å²) >= 11 is 0. The van der Waals surface area contributed by atoms with Gasteiger partial charge in [0.05, 0.1) is 26.1 Å². The molecule has 0 aliphatic carbocycles. The summed E-state index contributed by atoms with van der Waals surface area (Å²) in [6.07, 6.45) is 0.482. The van der Waals surface area contributed by atoms with Gasteiger partial charge in [-0.05, 0) is 64.3 Å². The average molecular weight is 842 g/mol. The molecule has 0 bridgehead atoms. The molecule has 1 heterocycles. The van der Waals surface area contributed by atoms with Gasteiger partial charge in [-0.2, -0.15) is 0 Å². The fraction of sp³-hybridized carbons (Fsp3) is 0.686. The van der Waals surface area contributed by atoms with Gasteiger partial charge in [-0.3, -0.25) is 47.9 Å². The van der Waals surface area contributed by atoms with E-state index in [1.54, 1.807) is 13.8 Å². The Hall–Kier alpha value is -5.91. The number of amides is 9. The molecule has 59 heavy (non-hydrogen) atoms. The number of nitrogens with two attached hydrogens (primary N) is 3. The Labute approximate surface area is 340 Å². The van der Waals surface area contributed by atoms with Crippen LogP contribution in [0.2, 0.25) is 0 Å². The van der Waals surface area contributed by atoms with Crippen LogP contribution in [-0.4, -0.2) is 149 Å². The fourth-order valence-corrected chi connectivity index (χ4v) is 5.86. The molecule has 0 unspecified atom stereocenters. The number of likely N-dealkylation sites (tertiary alicyclic amines) is 1. The molecule has 24 heteroatoms. The normalized spacial score (nSPS) is 16.0. The summed E-state index contributed by atoms with van der Waals surface area (Å²) in [5, 5.41) is 35.2. The van der Waals surface area contributed by atoms with Crippen LogP contribution in [0.4, 0.5) is 0 Å². The van der Waals surface area contributed by atoms with Gasteiger partial charge in [0.2, 0.25) is 53.2 Å². The molecule has 0 radical (unpaired) electrons. The Kier molecular flexibility index (Phi) is 22.7. The van der Waals surface area contributed by atoms with Crippen molar-refractivity contribution < 1.29 is 63.0 Å². The molecule has 6 atom stereocenters. The van der Waals surface area contributed by atoms with Crippen molar-refractivity contribution in [2.24, 2.45) is 23.1 Å². The monoisotopic (exact) mass is 841 g/mol. The molecule has 1 aliphatic rings. The van der Waals surface area contributed by atoms with E-state index in [0.29, 0.717) is 25.8 Å². The molecular formula is C35H59N11O13. The van der Waals surface area contributed by atoms with Crippen molar-refractivity contribution in [3.8, 4) is 0 Å². The summed E-state index contributed by atoms with van der Waals surface area (Å²) in [6, 6.07) is -7.69. The van der Waals surface area contributed by atoms with Crippen molar-refractivity contribution in [1.29, 1.82) is 0 Å². The maximum absolute atomic E-state index is 13.2. The van der Waals surface area contributed by atoms with Gasteiger partial charge in [-0.15, -0.1) is 0 Å². The van der Waals surface area contributed by atoms with Crippen LogP contribution >= 0.6 is 0 Å². The summed E-state index contributed by atoms with van der Waals surface area (Å²) in [5.74, 6) is -10.3. The molecule has 0 aromatic carbocycles. The zero-order valence-electron chi connectivity index (χ0n) is 33.5. The van der Waals surface area contributed by atoms with Crippen LogP contribution in [0.15, 0.2) is 0 Å². The number of carboxylic acid groups (broad SMARTS) is 2. The van der Waals surface area contributed by atoms with Crippen molar-refractivity contribution >= 4 is 65.1 Å². The van der Waals surface area contributed by atoms with Gasteiger partial charge in [-0.25, -0.2) is 4.79 Å². The fourth-order valence-electron chi connectivity index (χ4n) is 5.86. The Balaban J connectivity index is 2.83. The van der Waals surface area contributed by atoms with E-state index in [1.165, 1.54) is 11.8 Å². The zero-order chi connectivity index (χ0) is 44.8. The topological polar surface area (TPSA) is 394 Å². The van der Waals surface area contributed by atoms with Crippen LogP contribution in [0, 0.1) is 5.92 Å². The predicted octanol–water partition coefficient (Wildman–Crippen LogP) is -5.39. The molecule has 332 valence electrons. The van der Waals surface area contributed by atoms with Gasteiger partial charge in [-0.1, -0.05) is 13.8 Å². The van der Waals surface area contributed by atoms with E-state index >= 15 is 0 Å². The number of rotatable bonds is 27. The van der Waals surface area contributed by atoms with Crippen molar-refractivity contribution in [3.05, 3.63) is 0 Å². The number of carboxylic acids is 2. The van der Waals surface area contributed by atoms with Gasteiger partial charge in [0.15, 0.2) is 0 Å². The number of aliphatic carboxylic acids is 2. The largest absolute Gasteiger partial charge is 0.481 e. The standard InChI is InChI=1S/C35H59N11O13/c1-18(2)13-22(43-27(49)16-39-31(54)23(14-29(51)52)45-32(55)20(9-10-25(38)47)42-26(48)15-37)33(56)41-19(3)30(53)40-17-28(50)46-12-6-8-24(46)34(57)44-21(35(58)59)7-4-5-11-36/h18-24H,4-17,36-37H2,1-3H3,(H2,38,47)(H,39,54)(H,40,53)(H,41,56)(H,42,48)(H,43,49)(H,44,57)(H,45,55)(H,51,52)(H,58,59)/t19-,20-,21-,22-,23-,24-/m0/s1. The third-order valence-corrected chi connectivity index (χ3v) is 8.91. The first kappa shape index (κ1) is 51.1. The molecule has 0 saturated carbocycles. The van der Waals surface area contributed by atoms with E-state index in [2.05, 4.69) is 37.2 Å². The van der Waals surface area contributed by atoms with Crippen LogP contribution in [0.25, 0.3) is 0 Å². The molecule has 24 nitrogen and oxygen atoms in total. The second kappa shape index (κ2) is 26.2. The van der Waals surface area contributed by atoms with Gasteiger partial charge in [0, 0.05) is 13.0 Å². The third kappa shape index (κ3) is 19.4. The lowest BCUT2D eigenvalue weighted by Gasteiger charge is -2.26. The maximum atomic E-state index is 13.2. The minimum atomic E-state index is -1.74. The van der Waals surface area contributed by atoms with E-state index in [1.807, 2.05) is 0 Å². The lowest BCUT2D eigenvalue weighted by atomic mass is 10.0. The molecule has 1 saturated heterocycles. The number of unbranched alkanes of at least 4 members (excludes halogenated alkanes) is 1. The zero-order valence-corrected chi connectivity index (χ0v) is 33.5. The summed E-state index contributed by atoms with van der Waals surface area (Å²) in [5.41, 5.74) is 15.8. The highest BCUT2D eigenvalue weighted by Gasteiger charge is 2.36. The van der Waals surface area contributed by atoms with E-state index in [-0.39, 0.29) is 44.6 Å². The van der Waals surface area contributed by atoms with Crippen molar-refractivity contribution in [2.75, 3.05) is 32.7 Å². The van der Waals surface area contributed by atoms with Crippen molar-refractivity contribution in [3.63, 3.8) is 0 Å². The Morgan fingerprint density at radius 3 is 1.90 bits per heavy atom. The Morgan fingerprint density at radius 1 is 0.695 bits per heavy atom. The molecule has 1 aliphatic heterocycles. The van der Waals surface area contributed by atoms with E-state index in [0.717, 1.165) is 0 Å². The van der Waals surface area contributed by atoms with E-state index in [9.17, 15) is 63.0 Å². The number of nitrogens with zero attached hydrogens (tertiary/aromatic N) is 1. The lowest BCUT2D eigenvalue weighted by Crippen LogP contribution is -2.57. The first-order valence-corrected chi connectivity index (χ1v) is 19.2. The van der Waals surface area contributed by atoms with Gasteiger partial charge < -0.3 is 69.5 Å². The summed E-state index contributed by atoms with van der Waals surface area (Å²) in [6.45, 7) is 3.56. The third-order valence-electron chi connectivity index (χ3n) is 8.91. The summed E-state index contributed by atoms with van der Waals surface area (Å²) < 4.78 is 0. The first-order valence-electron chi connectivity index (χ1n) is 19.2. The number of carbonyl (C=O) groups is 11. The van der Waals surface area contributed by atoms with Gasteiger partial charge in [0.25, 0.3) is 0 Å². The Bertz CT molecular complexity index is 1540. The number of primary amides is 1. The maximum Gasteiger partial charge on any atom is 0.326 e. The van der Waals surface area contributed by atoms with Crippen LogP contribution in [0.3, 0.4) is 0 Å². The molecule has 1 rings (SSSR count). The summed E-state index contributed by atoms with van der Waals surface area (Å²) in [7, 11) is 0. The second-order valence-corrected chi connectivity index (χ2v) is 14.3. The quantitative estimate of drug-likeness (QED) is 0.0344. The van der Waals surface area contributed by atoms with Crippen LogP contribution in [-0.2, 0) is 52.7 Å². The number of hydrogen-bond acceptors (Lipinski definition) is 13. The highest BCUT2D eigenvalue weighted by atomic mass is 16.4. The molecule has 0 aromatic rings. The minimum Gasteiger partial charge on any atom is -0.481 e. The molecule has 1 fully saturated rings. The molecular weight excluding hydrogens is 782 g/mol. The Morgan fingerprint density at radius 2 is 1.32 bits per heavy atom. The van der Waals surface area contributed by atoms with Crippen LogP contribution in [0.5, 0.6) is 0 Å². The number of hydrogen-bond donors (Lipinski definition) is 12. The van der Waals surface area contributed by atoms with Crippen LogP contribution in [0.1, 0.15) is 78.6 Å². The molecule has 9 amide bonds. The smallest absolute Gasteiger partial charge is 0.326 e. The number of nitrogens with one attached hydrogen (secondary N) is 7. The summed E-state index contributed by atoms with van der Waals surface area (Å²) in [4.78, 5) is 138. The first-order chi connectivity index (χ1) is 27.7. The highest BCUT2D eigenvalue weighted by molar-refractivity contribution is 5.97. The van der Waals surface area contributed by atoms with Crippen molar-refractivity contribution in [2.45, 2.75) is 115 Å². The van der Waals surface area contributed by atoms with E-state index < -0.39 is 127 Å². The van der Waals surface area contributed by atoms with Crippen LogP contribution < -0.4 is 54.4 Å². The van der Waals surface area contributed by atoms with Gasteiger partial charge in [0.1, 0.15) is 36.3 Å². The lowest BCUT2D eigenvalue weighted by molar-refractivity contribution is -0.144. The number of carbonyl (C=O) groups excluding carboxylic acids is 9. The highest BCUT2D eigenvalue weighted by Crippen LogP contribution is 2.18. The second-order valence-electron chi connectivity index (χ2n) is 14.3.